The molecule has 1 amide bonds. The van der Waals surface area contributed by atoms with E-state index in [0.29, 0.717) is 29.2 Å². The van der Waals surface area contributed by atoms with E-state index in [4.69, 9.17) is 4.74 Å². The minimum Gasteiger partial charge on any atom is -0.465 e. The largest absolute Gasteiger partial charge is 0.465 e. The molecule has 5 nitrogen and oxygen atoms in total. The fourth-order valence-electron chi connectivity index (χ4n) is 4.17. The van der Waals surface area contributed by atoms with E-state index in [1.807, 2.05) is 0 Å². The van der Waals surface area contributed by atoms with Gasteiger partial charge in [0.25, 0.3) is 0 Å². The Bertz CT molecular complexity index is 706. The Kier molecular flexibility index (Phi) is 5.06. The van der Waals surface area contributed by atoms with E-state index in [2.05, 4.69) is 17.1 Å². The van der Waals surface area contributed by atoms with Crippen molar-refractivity contribution in [2.75, 3.05) is 19.0 Å². The van der Waals surface area contributed by atoms with E-state index in [-0.39, 0.29) is 11.9 Å². The quantitative estimate of drug-likeness (QED) is 0.739. The van der Waals surface area contributed by atoms with Crippen molar-refractivity contribution in [2.45, 2.75) is 70.4 Å². The van der Waals surface area contributed by atoms with Crippen molar-refractivity contribution in [2.24, 2.45) is 5.92 Å². The molecule has 0 aromatic carbocycles. The van der Waals surface area contributed by atoms with Crippen molar-refractivity contribution in [1.82, 2.24) is 4.90 Å². The molecule has 3 aliphatic rings. The number of thiophene rings is 1. The summed E-state index contributed by atoms with van der Waals surface area (Å²) in [6, 6.07) is 1.04. The van der Waals surface area contributed by atoms with Gasteiger partial charge in [-0.05, 0) is 69.8 Å². The van der Waals surface area contributed by atoms with Gasteiger partial charge in [0.05, 0.1) is 19.2 Å². The zero-order chi connectivity index (χ0) is 18.3. The second-order valence-electron chi connectivity index (χ2n) is 7.94. The maximum absolute atomic E-state index is 12.8. The molecular formula is C20H28N2O3S. The lowest BCUT2D eigenvalue weighted by atomic mass is 9.95. The monoisotopic (exact) mass is 376 g/mol. The highest BCUT2D eigenvalue weighted by Crippen LogP contribution is 2.40. The maximum atomic E-state index is 12.8. The average Bonchev–Trinajstić information content (AvgIpc) is 3.53. The van der Waals surface area contributed by atoms with Crippen molar-refractivity contribution in [3.63, 3.8) is 0 Å². The number of ether oxygens (including phenoxy) is 1. The molecule has 4 rings (SSSR count). The molecule has 6 heteroatoms. The van der Waals surface area contributed by atoms with Crippen molar-refractivity contribution in [3.8, 4) is 0 Å². The molecule has 1 N–H and O–H groups in total. The predicted molar refractivity (Wildman–Crippen MR) is 103 cm³/mol. The molecule has 1 heterocycles. The highest BCUT2D eigenvalue weighted by molar-refractivity contribution is 7.17. The van der Waals surface area contributed by atoms with E-state index in [9.17, 15) is 9.59 Å². The first-order valence-corrected chi connectivity index (χ1v) is 10.7. The number of hydrogen-bond acceptors (Lipinski definition) is 5. The van der Waals surface area contributed by atoms with Crippen molar-refractivity contribution in [1.29, 1.82) is 0 Å². The van der Waals surface area contributed by atoms with Crippen LogP contribution in [0.5, 0.6) is 0 Å². The van der Waals surface area contributed by atoms with Gasteiger partial charge in [0.1, 0.15) is 5.00 Å². The molecule has 0 spiro atoms. The summed E-state index contributed by atoms with van der Waals surface area (Å²) in [6.07, 6.45) is 9.11. The third-order valence-corrected chi connectivity index (χ3v) is 7.19. The SMILES string of the molecule is COC(=O)c1c(NC(=O)CN(C2CC2)C(C)C2CC2)sc2c1CCCC2. The van der Waals surface area contributed by atoms with Gasteiger partial charge in [-0.15, -0.1) is 11.3 Å². The molecule has 1 aromatic heterocycles. The van der Waals surface area contributed by atoms with Crippen molar-refractivity contribution in [3.05, 3.63) is 16.0 Å². The van der Waals surface area contributed by atoms with Crippen LogP contribution >= 0.6 is 11.3 Å². The van der Waals surface area contributed by atoms with E-state index in [1.165, 1.54) is 37.7 Å². The van der Waals surface area contributed by atoms with Crippen LogP contribution in [0.1, 0.15) is 66.2 Å². The summed E-state index contributed by atoms with van der Waals surface area (Å²) in [4.78, 5) is 28.7. The number of aryl methyl sites for hydroxylation is 1. The summed E-state index contributed by atoms with van der Waals surface area (Å²) in [5.41, 5.74) is 1.68. The summed E-state index contributed by atoms with van der Waals surface area (Å²) < 4.78 is 5.00. The van der Waals surface area contributed by atoms with E-state index in [1.54, 1.807) is 11.3 Å². The van der Waals surface area contributed by atoms with E-state index in [0.717, 1.165) is 37.2 Å². The number of rotatable bonds is 7. The first-order chi connectivity index (χ1) is 12.6. The van der Waals surface area contributed by atoms with Gasteiger partial charge in [-0.2, -0.15) is 0 Å². The summed E-state index contributed by atoms with van der Waals surface area (Å²) in [7, 11) is 1.41. The van der Waals surface area contributed by atoms with Gasteiger partial charge in [-0.1, -0.05) is 0 Å². The fourth-order valence-corrected chi connectivity index (χ4v) is 5.46. The molecular weight excluding hydrogens is 348 g/mol. The lowest BCUT2D eigenvalue weighted by molar-refractivity contribution is -0.118. The summed E-state index contributed by atoms with van der Waals surface area (Å²) in [6.45, 7) is 2.68. The van der Waals surface area contributed by atoms with Crippen molar-refractivity contribution < 1.29 is 14.3 Å². The zero-order valence-electron chi connectivity index (χ0n) is 15.7. The lowest BCUT2D eigenvalue weighted by Gasteiger charge is -2.28. The molecule has 0 saturated heterocycles. The third kappa shape index (κ3) is 3.67. The molecule has 1 atom stereocenters. The van der Waals surface area contributed by atoms with Crippen molar-refractivity contribution >= 4 is 28.2 Å². The van der Waals surface area contributed by atoms with Crippen LogP contribution in [0.15, 0.2) is 0 Å². The Morgan fingerprint density at radius 3 is 2.62 bits per heavy atom. The standard InChI is InChI=1S/C20H28N2O3S/c1-12(13-7-8-13)22(14-9-10-14)11-17(23)21-19-18(20(24)25-2)15-5-3-4-6-16(15)26-19/h12-14H,3-11H2,1-2H3,(H,21,23). The van der Waals surface area contributed by atoms with Gasteiger partial charge in [0, 0.05) is 17.0 Å². The summed E-state index contributed by atoms with van der Waals surface area (Å²) in [5, 5.41) is 3.73. The van der Waals surface area contributed by atoms with E-state index < -0.39 is 0 Å². The summed E-state index contributed by atoms with van der Waals surface area (Å²) >= 11 is 1.56. The van der Waals surface area contributed by atoms with E-state index >= 15 is 0 Å². The smallest absolute Gasteiger partial charge is 0.341 e. The Morgan fingerprint density at radius 2 is 1.96 bits per heavy atom. The number of carbonyl (C=O) groups excluding carboxylic acids is 2. The van der Waals surface area contributed by atoms with Crippen LogP contribution in [0, 0.1) is 5.92 Å². The average molecular weight is 377 g/mol. The number of nitrogens with one attached hydrogen (secondary N) is 1. The highest BCUT2D eigenvalue weighted by atomic mass is 32.1. The molecule has 2 fully saturated rings. The lowest BCUT2D eigenvalue weighted by Crippen LogP contribution is -2.42. The van der Waals surface area contributed by atoms with Crippen LogP contribution < -0.4 is 5.32 Å². The summed E-state index contributed by atoms with van der Waals surface area (Å²) in [5.74, 6) is 0.418. The second kappa shape index (κ2) is 7.31. The Labute approximate surface area is 159 Å². The van der Waals surface area contributed by atoms with Crippen LogP contribution in [0.2, 0.25) is 0 Å². The Hall–Kier alpha value is -1.40. The number of nitrogens with zero attached hydrogens (tertiary/aromatic N) is 1. The minimum atomic E-state index is -0.329. The molecule has 0 radical (unpaired) electrons. The number of methoxy groups -OCH3 is 1. The van der Waals surface area contributed by atoms with Gasteiger partial charge in [0.15, 0.2) is 0 Å². The molecule has 2 saturated carbocycles. The number of carbonyl (C=O) groups is 2. The van der Waals surface area contributed by atoms with Crippen LogP contribution in [0.25, 0.3) is 0 Å². The molecule has 1 aromatic rings. The Morgan fingerprint density at radius 1 is 1.23 bits per heavy atom. The minimum absolute atomic E-state index is 0.00634. The number of fused-ring (bicyclic) bond motifs is 1. The van der Waals surface area contributed by atoms with Gasteiger partial charge in [0.2, 0.25) is 5.91 Å². The normalized spacial score (nSPS) is 20.6. The first-order valence-electron chi connectivity index (χ1n) is 9.87. The zero-order valence-corrected chi connectivity index (χ0v) is 16.5. The van der Waals surface area contributed by atoms with Gasteiger partial charge in [-0.3, -0.25) is 9.69 Å². The molecule has 1 unspecified atom stereocenters. The molecule has 142 valence electrons. The fraction of sp³-hybridized carbons (Fsp3) is 0.700. The number of hydrogen-bond donors (Lipinski definition) is 1. The molecule has 0 aliphatic heterocycles. The third-order valence-electron chi connectivity index (χ3n) is 5.98. The topological polar surface area (TPSA) is 58.6 Å². The maximum Gasteiger partial charge on any atom is 0.341 e. The number of amides is 1. The molecule has 26 heavy (non-hydrogen) atoms. The molecule has 3 aliphatic carbocycles. The van der Waals surface area contributed by atoms with Crippen LogP contribution in [-0.4, -0.2) is 42.5 Å². The predicted octanol–water partition coefficient (Wildman–Crippen LogP) is 3.61. The van der Waals surface area contributed by atoms with Crippen LogP contribution in [0.3, 0.4) is 0 Å². The Balaban J connectivity index is 1.50. The van der Waals surface area contributed by atoms with Gasteiger partial charge >= 0.3 is 5.97 Å². The first kappa shape index (κ1) is 18.0. The van der Waals surface area contributed by atoms with Gasteiger partial charge in [-0.25, -0.2) is 4.79 Å². The van der Waals surface area contributed by atoms with Gasteiger partial charge < -0.3 is 10.1 Å². The van der Waals surface area contributed by atoms with Crippen LogP contribution in [0.4, 0.5) is 5.00 Å². The second-order valence-corrected chi connectivity index (χ2v) is 9.04. The number of esters is 1. The van der Waals surface area contributed by atoms with Crippen LogP contribution in [-0.2, 0) is 22.4 Å². The number of anilines is 1. The molecule has 0 bridgehead atoms. The highest BCUT2D eigenvalue weighted by Gasteiger charge is 2.40.